The van der Waals surface area contributed by atoms with Gasteiger partial charge in [0.25, 0.3) is 5.91 Å². The molecule has 4 aromatic rings. The van der Waals surface area contributed by atoms with E-state index in [1.54, 1.807) is 4.90 Å². The molecule has 3 heteroatoms. The molecule has 0 fully saturated rings. The highest BCUT2D eigenvalue weighted by molar-refractivity contribution is 6.01. The topological polar surface area (TPSA) is 29.5 Å². The summed E-state index contributed by atoms with van der Waals surface area (Å²) >= 11 is 0. The Balaban J connectivity index is 1.48. The molecule has 0 aliphatic carbocycles. The van der Waals surface area contributed by atoms with Crippen molar-refractivity contribution in [3.63, 3.8) is 0 Å². The lowest BCUT2D eigenvalue weighted by molar-refractivity contribution is -0.119. The van der Waals surface area contributed by atoms with Crippen LogP contribution < -0.4 is 9.64 Å². The summed E-state index contributed by atoms with van der Waals surface area (Å²) in [5.41, 5.74) is 3.88. The van der Waals surface area contributed by atoms with Crippen molar-refractivity contribution in [2.45, 2.75) is 0 Å². The second kappa shape index (κ2) is 8.89. The maximum Gasteiger partial charge on any atom is 0.269 e. The number of ether oxygens (including phenoxy) is 1. The van der Waals surface area contributed by atoms with E-state index in [9.17, 15) is 4.79 Å². The molecule has 0 atom stereocenters. The van der Waals surface area contributed by atoms with Crippen LogP contribution in [0.3, 0.4) is 0 Å². The van der Waals surface area contributed by atoms with Gasteiger partial charge in [0.05, 0.1) is 0 Å². The molecule has 0 spiro atoms. The third-order valence-corrected chi connectivity index (χ3v) is 4.60. The van der Waals surface area contributed by atoms with Crippen LogP contribution in [0.25, 0.3) is 11.1 Å². The van der Waals surface area contributed by atoms with E-state index >= 15 is 0 Å². The monoisotopic (exact) mass is 379 g/mol. The Kier molecular flexibility index (Phi) is 5.68. The maximum atomic E-state index is 13.0. The number of carbonyl (C=O) groups excluding carboxylic acids is 1. The fourth-order valence-corrected chi connectivity index (χ4v) is 3.18. The van der Waals surface area contributed by atoms with Gasteiger partial charge in [-0.3, -0.25) is 9.69 Å². The minimum Gasteiger partial charge on any atom is -0.484 e. The van der Waals surface area contributed by atoms with Gasteiger partial charge >= 0.3 is 0 Å². The minimum absolute atomic E-state index is 0.0472. The Bertz CT molecular complexity index is 1010. The molecule has 142 valence electrons. The van der Waals surface area contributed by atoms with E-state index in [4.69, 9.17) is 4.74 Å². The Morgan fingerprint density at radius 2 is 1.03 bits per heavy atom. The maximum absolute atomic E-state index is 13.0. The van der Waals surface area contributed by atoms with Crippen molar-refractivity contribution >= 4 is 17.3 Å². The van der Waals surface area contributed by atoms with Crippen LogP contribution >= 0.6 is 0 Å². The number of amides is 1. The van der Waals surface area contributed by atoms with Crippen molar-refractivity contribution in [1.29, 1.82) is 0 Å². The molecule has 1 amide bonds. The van der Waals surface area contributed by atoms with E-state index in [0.29, 0.717) is 5.75 Å². The zero-order valence-electron chi connectivity index (χ0n) is 15.9. The smallest absolute Gasteiger partial charge is 0.269 e. The molecule has 4 aromatic carbocycles. The fourth-order valence-electron chi connectivity index (χ4n) is 3.18. The number of nitrogens with zero attached hydrogens (tertiary/aromatic N) is 1. The highest BCUT2D eigenvalue weighted by atomic mass is 16.5. The van der Waals surface area contributed by atoms with Crippen LogP contribution in [0.2, 0.25) is 0 Å². The van der Waals surface area contributed by atoms with E-state index < -0.39 is 0 Å². The first-order valence-corrected chi connectivity index (χ1v) is 9.52. The van der Waals surface area contributed by atoms with E-state index in [1.165, 1.54) is 0 Å². The van der Waals surface area contributed by atoms with E-state index in [-0.39, 0.29) is 12.5 Å². The molecule has 0 saturated carbocycles. The summed E-state index contributed by atoms with van der Waals surface area (Å²) in [5.74, 6) is 0.536. The summed E-state index contributed by atoms with van der Waals surface area (Å²) in [5, 5.41) is 0. The summed E-state index contributed by atoms with van der Waals surface area (Å²) in [6, 6.07) is 37.2. The first kappa shape index (κ1) is 18.5. The number of hydrogen-bond acceptors (Lipinski definition) is 2. The van der Waals surface area contributed by atoms with Crippen LogP contribution in [0.5, 0.6) is 5.75 Å². The molecule has 29 heavy (non-hydrogen) atoms. The summed E-state index contributed by atoms with van der Waals surface area (Å²) in [6.07, 6.45) is 0. The standard InChI is InChI=1S/C26H21NO2/c28-26(27(23-12-6-2-7-13-23)24-14-8-3-9-15-24)20-29-25-18-16-22(17-19-25)21-10-4-1-5-11-21/h1-19H,20H2. The van der Waals surface area contributed by atoms with E-state index in [2.05, 4.69) is 12.1 Å². The van der Waals surface area contributed by atoms with Crippen molar-refractivity contribution < 1.29 is 9.53 Å². The second-order valence-corrected chi connectivity index (χ2v) is 6.58. The second-order valence-electron chi connectivity index (χ2n) is 6.58. The van der Waals surface area contributed by atoms with Crippen LogP contribution in [0, 0.1) is 0 Å². The van der Waals surface area contributed by atoms with E-state index in [1.807, 2.05) is 103 Å². The molecular formula is C26H21NO2. The predicted molar refractivity (Wildman–Crippen MR) is 117 cm³/mol. The molecule has 0 radical (unpaired) electrons. The van der Waals surface area contributed by atoms with Gasteiger partial charge in [-0.25, -0.2) is 0 Å². The van der Waals surface area contributed by atoms with Gasteiger partial charge in [0, 0.05) is 11.4 Å². The number of carbonyl (C=O) groups is 1. The van der Waals surface area contributed by atoms with Crippen LogP contribution in [0.1, 0.15) is 0 Å². The van der Waals surface area contributed by atoms with Gasteiger partial charge in [-0.1, -0.05) is 78.9 Å². The predicted octanol–water partition coefficient (Wildman–Crippen LogP) is 6.10. The number of benzene rings is 4. The van der Waals surface area contributed by atoms with Crippen molar-refractivity contribution in [3.05, 3.63) is 115 Å². The van der Waals surface area contributed by atoms with Gasteiger partial charge in [-0.2, -0.15) is 0 Å². The number of rotatable bonds is 6. The average Bonchev–Trinajstić information content (AvgIpc) is 2.80. The number of anilines is 2. The molecule has 0 aliphatic heterocycles. The normalized spacial score (nSPS) is 10.3. The minimum atomic E-state index is -0.130. The van der Waals surface area contributed by atoms with Crippen LogP contribution in [-0.2, 0) is 4.79 Å². The molecule has 0 aliphatic rings. The van der Waals surface area contributed by atoms with Gasteiger partial charge in [0.1, 0.15) is 5.75 Å². The van der Waals surface area contributed by atoms with Gasteiger partial charge in [0.15, 0.2) is 6.61 Å². The highest BCUT2D eigenvalue weighted by Crippen LogP contribution is 2.26. The molecule has 3 nitrogen and oxygen atoms in total. The summed E-state index contributed by atoms with van der Waals surface area (Å²) < 4.78 is 5.79. The molecule has 0 N–H and O–H groups in total. The molecule has 4 rings (SSSR count). The van der Waals surface area contributed by atoms with Crippen molar-refractivity contribution in [3.8, 4) is 16.9 Å². The Labute approximate surface area is 170 Å². The van der Waals surface area contributed by atoms with E-state index in [0.717, 1.165) is 22.5 Å². The van der Waals surface area contributed by atoms with Crippen LogP contribution in [0.4, 0.5) is 11.4 Å². The van der Waals surface area contributed by atoms with Crippen molar-refractivity contribution in [1.82, 2.24) is 0 Å². The number of para-hydroxylation sites is 2. The SMILES string of the molecule is O=C(COc1ccc(-c2ccccc2)cc1)N(c1ccccc1)c1ccccc1. The largest absolute Gasteiger partial charge is 0.484 e. The number of hydrogen-bond donors (Lipinski definition) is 0. The quantitative estimate of drug-likeness (QED) is 0.405. The first-order valence-electron chi connectivity index (χ1n) is 9.52. The van der Waals surface area contributed by atoms with Crippen LogP contribution in [0.15, 0.2) is 115 Å². The summed E-state index contributed by atoms with van der Waals surface area (Å²) in [6.45, 7) is -0.0472. The molecule has 0 unspecified atom stereocenters. The summed E-state index contributed by atoms with van der Waals surface area (Å²) in [7, 11) is 0. The molecule has 0 aromatic heterocycles. The highest BCUT2D eigenvalue weighted by Gasteiger charge is 2.18. The van der Waals surface area contributed by atoms with Crippen molar-refractivity contribution in [2.24, 2.45) is 0 Å². The molecule has 0 heterocycles. The summed E-state index contributed by atoms with van der Waals surface area (Å²) in [4.78, 5) is 14.7. The Morgan fingerprint density at radius 3 is 1.55 bits per heavy atom. The van der Waals surface area contributed by atoms with Gasteiger partial charge in [0.2, 0.25) is 0 Å². The third kappa shape index (κ3) is 4.53. The average molecular weight is 379 g/mol. The van der Waals surface area contributed by atoms with Crippen molar-refractivity contribution in [2.75, 3.05) is 11.5 Å². The Morgan fingerprint density at radius 1 is 0.586 bits per heavy atom. The lowest BCUT2D eigenvalue weighted by Crippen LogP contribution is -2.30. The van der Waals surface area contributed by atoms with Gasteiger partial charge in [-0.05, 0) is 47.5 Å². The molecule has 0 saturated heterocycles. The zero-order valence-corrected chi connectivity index (χ0v) is 15.9. The Hall–Kier alpha value is -3.85. The fraction of sp³-hybridized carbons (Fsp3) is 0.0385. The van der Waals surface area contributed by atoms with Gasteiger partial charge in [-0.15, -0.1) is 0 Å². The van der Waals surface area contributed by atoms with Crippen LogP contribution in [-0.4, -0.2) is 12.5 Å². The lowest BCUT2D eigenvalue weighted by atomic mass is 10.1. The molecular weight excluding hydrogens is 358 g/mol. The molecule has 0 bridgehead atoms. The third-order valence-electron chi connectivity index (χ3n) is 4.60. The van der Waals surface area contributed by atoms with Gasteiger partial charge < -0.3 is 4.74 Å². The lowest BCUT2D eigenvalue weighted by Gasteiger charge is -2.23. The zero-order chi connectivity index (χ0) is 19.9. The first-order chi connectivity index (χ1) is 14.3.